The second kappa shape index (κ2) is 9.29. The molecule has 0 radical (unpaired) electrons. The van der Waals surface area contributed by atoms with Crippen molar-refractivity contribution in [1.29, 1.82) is 0 Å². The molecule has 0 unspecified atom stereocenters. The van der Waals surface area contributed by atoms with Crippen molar-refractivity contribution >= 4 is 12.2 Å². The van der Waals surface area contributed by atoms with E-state index in [0.29, 0.717) is 5.92 Å². The maximum Gasteiger partial charge on any atom is 0.195 e. The zero-order chi connectivity index (χ0) is 14.1. The highest BCUT2D eigenvalue weighted by Crippen LogP contribution is 2.11. The first-order chi connectivity index (χ1) is 9.15. The first kappa shape index (κ1) is 16.4. The van der Waals surface area contributed by atoms with Gasteiger partial charge in [0.1, 0.15) is 5.82 Å². The predicted octanol–water partition coefficient (Wildman–Crippen LogP) is 4.89. The van der Waals surface area contributed by atoms with Crippen molar-refractivity contribution in [3.63, 3.8) is 0 Å². The third kappa shape index (κ3) is 6.37. The quantitative estimate of drug-likeness (QED) is 0.490. The standard InChI is InChI=1S/C15H29N3S/c1-4-5-6-7-8-9-10-11-14-16-17-15(19)18(14)12-13(2)3/h13H,4-12H2,1-3H3,(H,17,19). The molecule has 0 saturated carbocycles. The SMILES string of the molecule is CCCCCCCCCc1n[nH]c(=S)n1CC(C)C. The summed E-state index contributed by atoms with van der Waals surface area (Å²) in [5.41, 5.74) is 0. The normalized spacial score (nSPS) is 11.4. The van der Waals surface area contributed by atoms with Gasteiger partial charge in [0.25, 0.3) is 0 Å². The van der Waals surface area contributed by atoms with E-state index in [9.17, 15) is 0 Å². The van der Waals surface area contributed by atoms with Crippen molar-refractivity contribution in [2.24, 2.45) is 5.92 Å². The molecule has 0 amide bonds. The Labute approximate surface area is 122 Å². The maximum atomic E-state index is 5.29. The minimum Gasteiger partial charge on any atom is -0.304 e. The summed E-state index contributed by atoms with van der Waals surface area (Å²) in [6.45, 7) is 7.66. The van der Waals surface area contributed by atoms with Gasteiger partial charge in [0, 0.05) is 13.0 Å². The fourth-order valence-electron chi connectivity index (χ4n) is 2.33. The van der Waals surface area contributed by atoms with Crippen LogP contribution in [0.15, 0.2) is 0 Å². The largest absolute Gasteiger partial charge is 0.304 e. The number of H-pyrrole nitrogens is 1. The van der Waals surface area contributed by atoms with Crippen LogP contribution in [0, 0.1) is 10.7 Å². The Bertz CT molecular complexity index is 392. The lowest BCUT2D eigenvalue weighted by Crippen LogP contribution is -2.09. The Morgan fingerprint density at radius 1 is 1.11 bits per heavy atom. The first-order valence-electron chi connectivity index (χ1n) is 7.79. The van der Waals surface area contributed by atoms with E-state index in [-0.39, 0.29) is 0 Å². The molecule has 0 spiro atoms. The van der Waals surface area contributed by atoms with Gasteiger partial charge in [-0.3, -0.25) is 5.10 Å². The van der Waals surface area contributed by atoms with E-state index < -0.39 is 0 Å². The van der Waals surface area contributed by atoms with Crippen LogP contribution in [0.25, 0.3) is 0 Å². The van der Waals surface area contributed by atoms with Gasteiger partial charge in [-0.2, -0.15) is 5.10 Å². The van der Waals surface area contributed by atoms with Crippen LogP contribution in [0.2, 0.25) is 0 Å². The zero-order valence-electron chi connectivity index (χ0n) is 12.7. The van der Waals surface area contributed by atoms with Crippen LogP contribution in [0.5, 0.6) is 0 Å². The molecular weight excluding hydrogens is 254 g/mol. The van der Waals surface area contributed by atoms with Gasteiger partial charge in [0.15, 0.2) is 4.77 Å². The van der Waals surface area contributed by atoms with E-state index in [1.54, 1.807) is 0 Å². The summed E-state index contributed by atoms with van der Waals surface area (Å²) in [6, 6.07) is 0. The van der Waals surface area contributed by atoms with Crippen molar-refractivity contribution in [3.8, 4) is 0 Å². The molecule has 1 aromatic rings. The molecule has 1 heterocycles. The van der Waals surface area contributed by atoms with Gasteiger partial charge in [0.2, 0.25) is 0 Å². The topological polar surface area (TPSA) is 33.6 Å². The van der Waals surface area contributed by atoms with Crippen molar-refractivity contribution in [1.82, 2.24) is 14.8 Å². The number of rotatable bonds is 10. The average Bonchev–Trinajstić information content (AvgIpc) is 2.70. The summed E-state index contributed by atoms with van der Waals surface area (Å²) in [6.07, 6.45) is 10.4. The summed E-state index contributed by atoms with van der Waals surface area (Å²) in [4.78, 5) is 0. The maximum absolute atomic E-state index is 5.29. The number of nitrogens with zero attached hydrogens (tertiary/aromatic N) is 2. The lowest BCUT2D eigenvalue weighted by Gasteiger charge is -2.09. The number of aromatic amines is 1. The predicted molar refractivity (Wildman–Crippen MR) is 83.9 cm³/mol. The molecule has 0 bridgehead atoms. The number of unbranched alkanes of at least 4 members (excludes halogenated alkanes) is 6. The number of hydrogen-bond donors (Lipinski definition) is 1. The van der Waals surface area contributed by atoms with Crippen LogP contribution in [0.1, 0.15) is 71.5 Å². The molecule has 19 heavy (non-hydrogen) atoms. The third-order valence-electron chi connectivity index (χ3n) is 3.39. The zero-order valence-corrected chi connectivity index (χ0v) is 13.6. The molecule has 1 N–H and O–H groups in total. The van der Waals surface area contributed by atoms with Gasteiger partial charge in [0.05, 0.1) is 0 Å². The Kier molecular flexibility index (Phi) is 8.03. The summed E-state index contributed by atoms with van der Waals surface area (Å²) in [5, 5.41) is 7.29. The van der Waals surface area contributed by atoms with Gasteiger partial charge < -0.3 is 4.57 Å². The van der Waals surface area contributed by atoms with E-state index in [1.807, 2.05) is 0 Å². The first-order valence-corrected chi connectivity index (χ1v) is 8.20. The number of aromatic nitrogens is 3. The minimum absolute atomic E-state index is 0.608. The molecular formula is C15H29N3S. The lowest BCUT2D eigenvalue weighted by molar-refractivity contribution is 0.495. The molecule has 110 valence electrons. The number of aryl methyl sites for hydroxylation is 1. The summed E-state index contributed by atoms with van der Waals surface area (Å²) in [7, 11) is 0. The molecule has 3 nitrogen and oxygen atoms in total. The summed E-state index contributed by atoms with van der Waals surface area (Å²) < 4.78 is 2.93. The van der Waals surface area contributed by atoms with Crippen LogP contribution in [-0.4, -0.2) is 14.8 Å². The Balaban J connectivity index is 2.27. The Hall–Kier alpha value is -0.640. The van der Waals surface area contributed by atoms with Crippen molar-refractivity contribution < 1.29 is 0 Å². The molecule has 0 aliphatic heterocycles. The summed E-state index contributed by atoms with van der Waals surface area (Å²) in [5.74, 6) is 1.74. The van der Waals surface area contributed by atoms with Gasteiger partial charge in [-0.25, -0.2) is 0 Å². The molecule has 4 heteroatoms. The van der Waals surface area contributed by atoms with E-state index in [0.717, 1.165) is 23.6 Å². The van der Waals surface area contributed by atoms with Crippen molar-refractivity contribution in [3.05, 3.63) is 10.6 Å². The Morgan fingerprint density at radius 3 is 2.37 bits per heavy atom. The van der Waals surface area contributed by atoms with Crippen molar-refractivity contribution in [2.75, 3.05) is 0 Å². The smallest absolute Gasteiger partial charge is 0.195 e. The van der Waals surface area contributed by atoms with Crippen LogP contribution >= 0.6 is 12.2 Å². The Morgan fingerprint density at radius 2 is 1.74 bits per heavy atom. The molecule has 0 aliphatic carbocycles. The van der Waals surface area contributed by atoms with E-state index in [2.05, 4.69) is 35.5 Å². The average molecular weight is 283 g/mol. The fourth-order valence-corrected chi connectivity index (χ4v) is 2.56. The van der Waals surface area contributed by atoms with Gasteiger partial charge in [-0.1, -0.05) is 59.3 Å². The van der Waals surface area contributed by atoms with Crippen LogP contribution in [-0.2, 0) is 13.0 Å². The van der Waals surface area contributed by atoms with Crippen LogP contribution in [0.4, 0.5) is 0 Å². The highest BCUT2D eigenvalue weighted by atomic mass is 32.1. The number of nitrogens with one attached hydrogen (secondary N) is 1. The number of hydrogen-bond acceptors (Lipinski definition) is 2. The molecule has 0 saturated heterocycles. The van der Waals surface area contributed by atoms with E-state index >= 15 is 0 Å². The second-order valence-electron chi connectivity index (χ2n) is 5.82. The minimum atomic E-state index is 0.608. The van der Waals surface area contributed by atoms with Crippen LogP contribution in [0.3, 0.4) is 0 Å². The molecule has 0 fully saturated rings. The molecule has 1 rings (SSSR count). The molecule has 0 atom stereocenters. The van der Waals surface area contributed by atoms with Gasteiger partial charge >= 0.3 is 0 Å². The summed E-state index contributed by atoms with van der Waals surface area (Å²) >= 11 is 5.29. The highest BCUT2D eigenvalue weighted by Gasteiger charge is 2.07. The molecule has 1 aromatic heterocycles. The van der Waals surface area contributed by atoms with E-state index in [1.165, 1.54) is 44.9 Å². The van der Waals surface area contributed by atoms with Crippen LogP contribution < -0.4 is 0 Å². The highest BCUT2D eigenvalue weighted by molar-refractivity contribution is 7.71. The van der Waals surface area contributed by atoms with Crippen molar-refractivity contribution in [2.45, 2.75) is 78.7 Å². The second-order valence-corrected chi connectivity index (χ2v) is 6.21. The van der Waals surface area contributed by atoms with Gasteiger partial charge in [-0.05, 0) is 24.6 Å². The van der Waals surface area contributed by atoms with E-state index in [4.69, 9.17) is 12.2 Å². The van der Waals surface area contributed by atoms with Gasteiger partial charge in [-0.15, -0.1) is 0 Å². The third-order valence-corrected chi connectivity index (χ3v) is 3.70. The molecule has 0 aliphatic rings. The fraction of sp³-hybridized carbons (Fsp3) is 0.867. The molecule has 0 aromatic carbocycles. The lowest BCUT2D eigenvalue weighted by atomic mass is 10.1. The monoisotopic (exact) mass is 283 g/mol.